The molecule has 0 saturated heterocycles. The summed E-state index contributed by atoms with van der Waals surface area (Å²) in [6.45, 7) is 7.47. The van der Waals surface area contributed by atoms with Gasteiger partial charge in [-0.05, 0) is 45.4 Å². The lowest BCUT2D eigenvalue weighted by atomic mass is 9.98. The average molecular weight is 429 g/mol. The highest BCUT2D eigenvalue weighted by Gasteiger charge is 2.30. The third-order valence-electron chi connectivity index (χ3n) is 5.29. The number of aromatic nitrogens is 1. The van der Waals surface area contributed by atoms with Crippen molar-refractivity contribution in [3.63, 3.8) is 0 Å². The fourth-order valence-corrected chi connectivity index (χ4v) is 5.44. The van der Waals surface area contributed by atoms with E-state index < -0.39 is 15.9 Å². The Labute approximate surface area is 178 Å². The van der Waals surface area contributed by atoms with Gasteiger partial charge in [-0.1, -0.05) is 35.9 Å². The van der Waals surface area contributed by atoms with Crippen LogP contribution in [0.4, 0.5) is 5.69 Å². The van der Waals surface area contributed by atoms with Crippen LogP contribution in [-0.2, 0) is 19.6 Å². The highest BCUT2D eigenvalue weighted by molar-refractivity contribution is 7.90. The number of rotatable bonds is 6. The monoisotopic (exact) mass is 428 g/mol. The molecule has 0 aliphatic carbocycles. The van der Waals surface area contributed by atoms with Gasteiger partial charge in [-0.2, -0.15) is 0 Å². The smallest absolute Gasteiger partial charge is 0.313 e. The number of hydrogen-bond donors (Lipinski definition) is 0. The standard InChI is InChI=1S/C23H28N2O4S/c1-7-29-23(26)16(3)19-9-8-10-20-21(24(5)6)17(4)25(22(19)20)30(27,28)18-13-11-15(2)12-14-18/h8-14,16H,7H2,1-6H3. The van der Waals surface area contributed by atoms with E-state index in [1.165, 1.54) is 3.97 Å². The van der Waals surface area contributed by atoms with Gasteiger partial charge >= 0.3 is 5.97 Å². The van der Waals surface area contributed by atoms with E-state index in [0.717, 1.165) is 16.6 Å². The van der Waals surface area contributed by atoms with Crippen LogP contribution in [0.15, 0.2) is 47.4 Å². The van der Waals surface area contributed by atoms with Crippen LogP contribution in [-0.4, -0.2) is 39.1 Å². The zero-order valence-electron chi connectivity index (χ0n) is 18.3. The lowest BCUT2D eigenvalue weighted by Crippen LogP contribution is -2.18. The van der Waals surface area contributed by atoms with Gasteiger partial charge in [-0.3, -0.25) is 4.79 Å². The average Bonchev–Trinajstić information content (AvgIpc) is 3.00. The topological polar surface area (TPSA) is 68.6 Å². The third-order valence-corrected chi connectivity index (χ3v) is 7.09. The Morgan fingerprint density at radius 3 is 2.30 bits per heavy atom. The second kappa shape index (κ2) is 8.14. The molecule has 3 aromatic rings. The molecular formula is C23H28N2O4S. The van der Waals surface area contributed by atoms with Crippen LogP contribution in [0.3, 0.4) is 0 Å². The van der Waals surface area contributed by atoms with Gasteiger partial charge in [0.1, 0.15) is 0 Å². The summed E-state index contributed by atoms with van der Waals surface area (Å²) in [5.74, 6) is -0.987. The van der Waals surface area contributed by atoms with E-state index in [0.29, 0.717) is 16.8 Å². The molecule has 3 rings (SSSR count). The molecule has 6 nitrogen and oxygen atoms in total. The summed E-state index contributed by atoms with van der Waals surface area (Å²) >= 11 is 0. The Kier molecular flexibility index (Phi) is 5.94. The Morgan fingerprint density at radius 1 is 1.10 bits per heavy atom. The number of fused-ring (bicyclic) bond motifs is 1. The first-order valence-electron chi connectivity index (χ1n) is 9.91. The summed E-state index contributed by atoms with van der Waals surface area (Å²) < 4.78 is 34.0. The normalized spacial score (nSPS) is 12.7. The molecule has 1 atom stereocenters. The van der Waals surface area contributed by atoms with Gasteiger partial charge in [0, 0.05) is 19.5 Å². The summed E-state index contributed by atoms with van der Waals surface area (Å²) in [4.78, 5) is 14.6. The van der Waals surface area contributed by atoms with Gasteiger partial charge < -0.3 is 9.64 Å². The molecule has 0 amide bonds. The van der Waals surface area contributed by atoms with E-state index in [1.54, 1.807) is 51.1 Å². The molecule has 0 N–H and O–H groups in total. The van der Waals surface area contributed by atoms with Gasteiger partial charge in [0.25, 0.3) is 10.0 Å². The summed E-state index contributed by atoms with van der Waals surface area (Å²) in [6.07, 6.45) is 0. The largest absolute Gasteiger partial charge is 0.466 e. The minimum Gasteiger partial charge on any atom is -0.466 e. The first kappa shape index (κ1) is 21.9. The lowest BCUT2D eigenvalue weighted by molar-refractivity contribution is -0.144. The first-order valence-corrected chi connectivity index (χ1v) is 11.3. The van der Waals surface area contributed by atoms with E-state index in [2.05, 4.69) is 0 Å². The van der Waals surface area contributed by atoms with Crippen molar-refractivity contribution in [3.05, 3.63) is 59.3 Å². The van der Waals surface area contributed by atoms with Crippen LogP contribution >= 0.6 is 0 Å². The maximum Gasteiger partial charge on any atom is 0.313 e. The summed E-state index contributed by atoms with van der Waals surface area (Å²) in [5, 5.41) is 0.779. The van der Waals surface area contributed by atoms with E-state index in [1.807, 2.05) is 38.1 Å². The van der Waals surface area contributed by atoms with Crippen LogP contribution in [0.2, 0.25) is 0 Å². The number of aryl methyl sites for hydroxylation is 1. The maximum absolute atomic E-state index is 13.7. The van der Waals surface area contributed by atoms with E-state index in [9.17, 15) is 13.2 Å². The zero-order chi connectivity index (χ0) is 22.2. The van der Waals surface area contributed by atoms with Gasteiger partial charge in [0.05, 0.1) is 34.3 Å². The number of carbonyl (C=O) groups is 1. The summed E-state index contributed by atoms with van der Waals surface area (Å²) in [7, 11) is -0.120. The Morgan fingerprint density at radius 2 is 1.73 bits per heavy atom. The molecule has 2 aromatic carbocycles. The summed E-state index contributed by atoms with van der Waals surface area (Å²) in [6, 6.07) is 12.3. The number of para-hydroxylation sites is 1. The number of hydrogen-bond acceptors (Lipinski definition) is 5. The van der Waals surface area contributed by atoms with E-state index >= 15 is 0 Å². The molecule has 1 heterocycles. The van der Waals surface area contributed by atoms with Crippen molar-refractivity contribution in [2.75, 3.05) is 25.6 Å². The second-order valence-corrected chi connectivity index (χ2v) is 9.41. The van der Waals surface area contributed by atoms with Crippen LogP contribution in [0, 0.1) is 13.8 Å². The first-order chi connectivity index (χ1) is 14.1. The van der Waals surface area contributed by atoms with Crippen molar-refractivity contribution in [1.29, 1.82) is 0 Å². The lowest BCUT2D eigenvalue weighted by Gasteiger charge is -2.16. The Hall–Kier alpha value is -2.80. The zero-order valence-corrected chi connectivity index (χ0v) is 19.1. The number of nitrogens with zero attached hydrogens (tertiary/aromatic N) is 2. The minimum atomic E-state index is -3.88. The predicted octanol–water partition coefficient (Wildman–Crippen LogP) is 4.23. The van der Waals surface area contributed by atoms with Crippen molar-refractivity contribution in [2.45, 2.75) is 38.5 Å². The van der Waals surface area contributed by atoms with Crippen molar-refractivity contribution < 1.29 is 17.9 Å². The maximum atomic E-state index is 13.7. The molecule has 0 aliphatic heterocycles. The molecule has 1 aromatic heterocycles. The van der Waals surface area contributed by atoms with Crippen molar-refractivity contribution in [1.82, 2.24) is 3.97 Å². The number of anilines is 1. The molecule has 0 fully saturated rings. The minimum absolute atomic E-state index is 0.206. The number of esters is 1. The number of benzene rings is 2. The van der Waals surface area contributed by atoms with Crippen LogP contribution < -0.4 is 4.90 Å². The highest BCUT2D eigenvalue weighted by Crippen LogP contribution is 2.39. The van der Waals surface area contributed by atoms with Gasteiger partial charge in [-0.15, -0.1) is 0 Å². The molecule has 0 aliphatic rings. The molecule has 0 bridgehead atoms. The van der Waals surface area contributed by atoms with Crippen molar-refractivity contribution in [2.24, 2.45) is 0 Å². The number of carbonyl (C=O) groups excluding carboxylic acids is 1. The molecule has 0 radical (unpaired) electrons. The fraction of sp³-hybridized carbons (Fsp3) is 0.348. The molecule has 1 unspecified atom stereocenters. The molecule has 160 valence electrons. The highest BCUT2D eigenvalue weighted by atomic mass is 32.2. The van der Waals surface area contributed by atoms with Crippen molar-refractivity contribution >= 4 is 32.6 Å². The van der Waals surface area contributed by atoms with Crippen molar-refractivity contribution in [3.8, 4) is 0 Å². The SMILES string of the molecule is CCOC(=O)C(C)c1cccc2c(N(C)C)c(C)n(S(=O)(=O)c3ccc(C)cc3)c12. The quantitative estimate of drug-likeness (QED) is 0.550. The van der Waals surface area contributed by atoms with E-state index in [4.69, 9.17) is 4.74 Å². The fourth-order valence-electron chi connectivity index (χ4n) is 3.86. The Bertz CT molecular complexity index is 1190. The molecule has 30 heavy (non-hydrogen) atoms. The van der Waals surface area contributed by atoms with Gasteiger partial charge in [0.15, 0.2) is 0 Å². The summed E-state index contributed by atoms with van der Waals surface area (Å²) in [5.41, 5.74) is 3.52. The van der Waals surface area contributed by atoms with Crippen LogP contribution in [0.1, 0.15) is 36.6 Å². The Balaban J connectivity index is 2.39. The molecule has 0 saturated carbocycles. The second-order valence-electron chi connectivity index (χ2n) is 7.63. The molecule has 0 spiro atoms. The van der Waals surface area contributed by atoms with Gasteiger partial charge in [0.2, 0.25) is 0 Å². The van der Waals surface area contributed by atoms with Gasteiger partial charge in [-0.25, -0.2) is 12.4 Å². The molecule has 7 heteroatoms. The van der Waals surface area contributed by atoms with Crippen LogP contribution in [0.25, 0.3) is 10.9 Å². The predicted molar refractivity (Wildman–Crippen MR) is 120 cm³/mol. The van der Waals surface area contributed by atoms with Crippen LogP contribution in [0.5, 0.6) is 0 Å². The molecular weight excluding hydrogens is 400 g/mol. The third kappa shape index (κ3) is 3.58. The van der Waals surface area contributed by atoms with E-state index in [-0.39, 0.29) is 17.5 Å². The number of ether oxygens (including phenoxy) is 1.